The summed E-state index contributed by atoms with van der Waals surface area (Å²) in [4.78, 5) is 14.4. The smallest absolute Gasteiger partial charge is 0.145 e. The SMILES string of the molecule is CN(Cc1nccn1C)c1cc(NN)ncn1. The molecule has 0 aliphatic carbocycles. The van der Waals surface area contributed by atoms with Crippen LogP contribution < -0.4 is 16.2 Å². The average Bonchev–Trinajstić information content (AvgIpc) is 2.75. The van der Waals surface area contributed by atoms with Gasteiger partial charge in [0.1, 0.15) is 23.8 Å². The van der Waals surface area contributed by atoms with E-state index in [0.717, 1.165) is 11.6 Å². The molecule has 2 aromatic heterocycles. The molecule has 0 saturated carbocycles. The molecule has 0 aliphatic rings. The molecule has 3 N–H and O–H groups in total. The molecule has 2 aromatic rings. The molecule has 17 heavy (non-hydrogen) atoms. The number of rotatable bonds is 4. The zero-order chi connectivity index (χ0) is 12.3. The van der Waals surface area contributed by atoms with E-state index in [9.17, 15) is 0 Å². The van der Waals surface area contributed by atoms with Crippen molar-refractivity contribution in [3.63, 3.8) is 0 Å². The number of imidazole rings is 1. The van der Waals surface area contributed by atoms with E-state index in [2.05, 4.69) is 20.4 Å². The van der Waals surface area contributed by atoms with Gasteiger partial charge < -0.3 is 14.9 Å². The first-order chi connectivity index (χ1) is 8.20. The summed E-state index contributed by atoms with van der Waals surface area (Å²) in [7, 11) is 3.90. The average molecular weight is 233 g/mol. The number of anilines is 2. The van der Waals surface area contributed by atoms with E-state index >= 15 is 0 Å². The van der Waals surface area contributed by atoms with Gasteiger partial charge in [-0.2, -0.15) is 0 Å². The molecule has 0 radical (unpaired) electrons. The third-order valence-electron chi connectivity index (χ3n) is 2.49. The first kappa shape index (κ1) is 11.3. The van der Waals surface area contributed by atoms with Gasteiger partial charge in [0.05, 0.1) is 6.54 Å². The van der Waals surface area contributed by atoms with E-state index in [0.29, 0.717) is 12.4 Å². The van der Waals surface area contributed by atoms with Crippen molar-refractivity contribution in [2.75, 3.05) is 17.4 Å². The maximum Gasteiger partial charge on any atom is 0.145 e. The van der Waals surface area contributed by atoms with Crippen LogP contribution in [0.3, 0.4) is 0 Å². The Balaban J connectivity index is 2.14. The zero-order valence-electron chi connectivity index (χ0n) is 9.83. The van der Waals surface area contributed by atoms with E-state index in [1.54, 1.807) is 12.3 Å². The fraction of sp³-hybridized carbons (Fsp3) is 0.300. The summed E-state index contributed by atoms with van der Waals surface area (Å²) in [6.07, 6.45) is 5.16. The van der Waals surface area contributed by atoms with Crippen LogP contribution in [0, 0.1) is 0 Å². The van der Waals surface area contributed by atoms with E-state index in [1.165, 1.54) is 6.33 Å². The lowest BCUT2D eigenvalue weighted by molar-refractivity contribution is 0.754. The molecule has 0 fully saturated rings. The Bertz CT molecular complexity index is 493. The molecule has 0 saturated heterocycles. The maximum atomic E-state index is 5.30. The number of nitrogens with two attached hydrogens (primary N) is 1. The van der Waals surface area contributed by atoms with Crippen molar-refractivity contribution < 1.29 is 0 Å². The van der Waals surface area contributed by atoms with Gasteiger partial charge in [0, 0.05) is 32.6 Å². The number of nitrogens with zero attached hydrogens (tertiary/aromatic N) is 5. The van der Waals surface area contributed by atoms with Gasteiger partial charge in [-0.3, -0.25) is 0 Å². The highest BCUT2D eigenvalue weighted by atomic mass is 15.3. The van der Waals surface area contributed by atoms with Crippen LogP contribution in [0.4, 0.5) is 11.6 Å². The highest BCUT2D eigenvalue weighted by molar-refractivity contribution is 5.47. The van der Waals surface area contributed by atoms with Crippen molar-refractivity contribution in [2.24, 2.45) is 12.9 Å². The van der Waals surface area contributed by atoms with Gasteiger partial charge in [0.15, 0.2) is 0 Å². The Kier molecular flexibility index (Phi) is 3.20. The molecule has 0 unspecified atom stereocenters. The van der Waals surface area contributed by atoms with Crippen LogP contribution in [0.5, 0.6) is 0 Å². The molecule has 7 nitrogen and oxygen atoms in total. The number of hydrogen-bond donors (Lipinski definition) is 2. The zero-order valence-corrected chi connectivity index (χ0v) is 9.83. The van der Waals surface area contributed by atoms with E-state index in [1.807, 2.05) is 29.8 Å². The van der Waals surface area contributed by atoms with Crippen molar-refractivity contribution in [2.45, 2.75) is 6.54 Å². The summed E-state index contributed by atoms with van der Waals surface area (Å²) in [5.74, 6) is 7.64. The maximum absolute atomic E-state index is 5.30. The largest absolute Gasteiger partial charge is 0.352 e. The molecule has 2 heterocycles. The molecule has 0 amide bonds. The number of nitrogens with one attached hydrogen (secondary N) is 1. The van der Waals surface area contributed by atoms with Crippen LogP contribution in [0.2, 0.25) is 0 Å². The highest BCUT2D eigenvalue weighted by Gasteiger charge is 2.07. The van der Waals surface area contributed by atoms with Crippen molar-refractivity contribution in [1.29, 1.82) is 0 Å². The summed E-state index contributed by atoms with van der Waals surface area (Å²) in [6.45, 7) is 0.671. The minimum Gasteiger partial charge on any atom is -0.352 e. The van der Waals surface area contributed by atoms with Crippen LogP contribution in [0.15, 0.2) is 24.8 Å². The second kappa shape index (κ2) is 4.79. The minimum atomic E-state index is 0.585. The van der Waals surface area contributed by atoms with Gasteiger partial charge in [-0.05, 0) is 0 Å². The Morgan fingerprint density at radius 3 is 2.88 bits per heavy atom. The van der Waals surface area contributed by atoms with E-state index in [-0.39, 0.29) is 0 Å². The van der Waals surface area contributed by atoms with Gasteiger partial charge in [-0.25, -0.2) is 20.8 Å². The molecule has 0 bridgehead atoms. The number of aromatic nitrogens is 4. The van der Waals surface area contributed by atoms with Gasteiger partial charge >= 0.3 is 0 Å². The lowest BCUT2D eigenvalue weighted by Crippen LogP contribution is -2.20. The second-order valence-electron chi connectivity index (χ2n) is 3.72. The lowest BCUT2D eigenvalue weighted by atomic mass is 10.4. The fourth-order valence-electron chi connectivity index (χ4n) is 1.48. The topological polar surface area (TPSA) is 84.9 Å². The quantitative estimate of drug-likeness (QED) is 0.577. The standard InChI is InChI=1S/C10H15N7/c1-16-4-3-12-10(16)6-17(2)9-5-8(15-11)13-7-14-9/h3-5,7H,6,11H2,1-2H3,(H,13,14,15). The number of aryl methyl sites for hydroxylation is 1. The summed E-state index contributed by atoms with van der Waals surface area (Å²) in [5.41, 5.74) is 2.49. The molecular formula is C10H15N7. The molecule has 90 valence electrons. The summed E-state index contributed by atoms with van der Waals surface area (Å²) >= 11 is 0. The normalized spacial score (nSPS) is 10.3. The van der Waals surface area contributed by atoms with Crippen molar-refractivity contribution in [1.82, 2.24) is 19.5 Å². The van der Waals surface area contributed by atoms with Crippen molar-refractivity contribution in [3.05, 3.63) is 30.6 Å². The van der Waals surface area contributed by atoms with Crippen LogP contribution in [-0.2, 0) is 13.6 Å². The van der Waals surface area contributed by atoms with Gasteiger partial charge in [0.25, 0.3) is 0 Å². The van der Waals surface area contributed by atoms with Crippen LogP contribution >= 0.6 is 0 Å². The molecule has 0 atom stereocenters. The predicted octanol–water partition coefficient (Wildman–Crippen LogP) is 0.132. The number of hydrazine groups is 1. The number of nitrogen functional groups attached to an aromatic ring is 1. The fourth-order valence-corrected chi connectivity index (χ4v) is 1.48. The monoisotopic (exact) mass is 233 g/mol. The summed E-state index contributed by atoms with van der Waals surface area (Å²) in [5, 5.41) is 0. The lowest BCUT2D eigenvalue weighted by Gasteiger charge is -2.17. The molecular weight excluding hydrogens is 218 g/mol. The summed E-state index contributed by atoms with van der Waals surface area (Å²) in [6, 6.07) is 1.78. The Hall–Kier alpha value is -2.15. The molecule has 0 aromatic carbocycles. The van der Waals surface area contributed by atoms with Crippen LogP contribution in [0.25, 0.3) is 0 Å². The Labute approximate surface area is 99.3 Å². The number of hydrogen-bond acceptors (Lipinski definition) is 6. The van der Waals surface area contributed by atoms with Crippen LogP contribution in [-0.4, -0.2) is 26.6 Å². The first-order valence-electron chi connectivity index (χ1n) is 5.16. The third kappa shape index (κ3) is 2.51. The molecule has 0 spiro atoms. The van der Waals surface area contributed by atoms with Crippen molar-refractivity contribution >= 4 is 11.6 Å². The molecule has 2 rings (SSSR count). The first-order valence-corrected chi connectivity index (χ1v) is 5.16. The van der Waals surface area contributed by atoms with Gasteiger partial charge in [-0.1, -0.05) is 0 Å². The van der Waals surface area contributed by atoms with E-state index < -0.39 is 0 Å². The Morgan fingerprint density at radius 2 is 2.24 bits per heavy atom. The van der Waals surface area contributed by atoms with Crippen LogP contribution in [0.1, 0.15) is 5.82 Å². The third-order valence-corrected chi connectivity index (χ3v) is 2.49. The summed E-state index contributed by atoms with van der Waals surface area (Å²) < 4.78 is 1.97. The van der Waals surface area contributed by atoms with Gasteiger partial charge in [-0.15, -0.1) is 0 Å². The minimum absolute atomic E-state index is 0.585. The molecule has 0 aliphatic heterocycles. The molecule has 7 heteroatoms. The van der Waals surface area contributed by atoms with Crippen molar-refractivity contribution in [3.8, 4) is 0 Å². The second-order valence-corrected chi connectivity index (χ2v) is 3.72. The van der Waals surface area contributed by atoms with Gasteiger partial charge in [0.2, 0.25) is 0 Å². The predicted molar refractivity (Wildman–Crippen MR) is 65.2 cm³/mol. The highest BCUT2D eigenvalue weighted by Crippen LogP contribution is 2.13. The van der Waals surface area contributed by atoms with E-state index in [4.69, 9.17) is 5.84 Å². The Morgan fingerprint density at radius 1 is 1.41 bits per heavy atom.